The van der Waals surface area contributed by atoms with Crippen molar-refractivity contribution in [1.82, 2.24) is 14.5 Å². The minimum Gasteiger partial charge on any atom is -0.388 e. The molecule has 4 rings (SSSR count). The van der Waals surface area contributed by atoms with E-state index in [1.165, 1.54) is 0 Å². The third kappa shape index (κ3) is 3.99. The van der Waals surface area contributed by atoms with Gasteiger partial charge >= 0.3 is 0 Å². The summed E-state index contributed by atoms with van der Waals surface area (Å²) in [6.07, 6.45) is 8.50. The van der Waals surface area contributed by atoms with Crippen molar-refractivity contribution in [2.24, 2.45) is 5.92 Å². The van der Waals surface area contributed by atoms with Gasteiger partial charge in [0.2, 0.25) is 5.91 Å². The first-order chi connectivity index (χ1) is 14.0. The van der Waals surface area contributed by atoms with Crippen molar-refractivity contribution in [3.63, 3.8) is 0 Å². The van der Waals surface area contributed by atoms with E-state index in [1.54, 1.807) is 10.6 Å². The highest BCUT2D eigenvalue weighted by molar-refractivity contribution is 5.79. The lowest BCUT2D eigenvalue weighted by Crippen LogP contribution is -2.51. The van der Waals surface area contributed by atoms with Gasteiger partial charge in [-0.3, -0.25) is 14.2 Å². The van der Waals surface area contributed by atoms with E-state index in [0.29, 0.717) is 49.1 Å². The van der Waals surface area contributed by atoms with Crippen LogP contribution in [0.1, 0.15) is 44.9 Å². The molecule has 1 atom stereocenters. The summed E-state index contributed by atoms with van der Waals surface area (Å²) in [7, 11) is 0. The Balaban J connectivity index is 1.50. The Bertz CT molecular complexity index is 987. The second kappa shape index (κ2) is 8.11. The number of hydrogen-bond acceptors (Lipinski definition) is 4. The van der Waals surface area contributed by atoms with E-state index in [0.717, 1.165) is 19.3 Å². The average molecular weight is 396 g/mol. The molecule has 1 aliphatic carbocycles. The molecular weight excluding hydrogens is 366 g/mol. The van der Waals surface area contributed by atoms with Crippen LogP contribution in [0.25, 0.3) is 10.9 Å². The van der Waals surface area contributed by atoms with Gasteiger partial charge in [0.25, 0.3) is 5.56 Å². The number of piperidine rings is 1. The fourth-order valence-electron chi connectivity index (χ4n) is 4.52. The van der Waals surface area contributed by atoms with Crippen molar-refractivity contribution < 1.29 is 9.90 Å². The van der Waals surface area contributed by atoms with Gasteiger partial charge in [0.1, 0.15) is 5.82 Å². The number of likely N-dealkylation sites (tertiary alicyclic amines) is 1. The van der Waals surface area contributed by atoms with Gasteiger partial charge in [-0.05, 0) is 44.2 Å². The molecule has 2 heterocycles. The molecule has 29 heavy (non-hydrogen) atoms. The molecule has 1 aromatic heterocycles. The van der Waals surface area contributed by atoms with Crippen molar-refractivity contribution in [1.29, 1.82) is 0 Å². The van der Waals surface area contributed by atoms with Crippen LogP contribution in [0.2, 0.25) is 0 Å². The summed E-state index contributed by atoms with van der Waals surface area (Å²) in [5.74, 6) is 0.968. The second-order valence-corrected chi connectivity index (χ2v) is 8.32. The van der Waals surface area contributed by atoms with E-state index < -0.39 is 5.60 Å². The Morgan fingerprint density at radius 3 is 2.69 bits per heavy atom. The number of carbonyl (C=O) groups is 1. The van der Waals surface area contributed by atoms with Gasteiger partial charge in [-0.1, -0.05) is 31.2 Å². The summed E-state index contributed by atoms with van der Waals surface area (Å²) in [6, 6.07) is 7.34. The van der Waals surface area contributed by atoms with Gasteiger partial charge in [-0.2, -0.15) is 0 Å². The minimum atomic E-state index is -0.999. The number of carbonyl (C=O) groups excluding carboxylic acids is 1. The number of hydrogen-bond donors (Lipinski definition) is 1. The molecule has 1 aromatic carbocycles. The summed E-state index contributed by atoms with van der Waals surface area (Å²) < 4.78 is 1.63. The number of para-hydroxylation sites is 1. The number of aliphatic hydroxyl groups is 1. The molecule has 1 fully saturated rings. The fraction of sp³-hybridized carbons (Fsp3) is 0.522. The predicted octanol–water partition coefficient (Wildman–Crippen LogP) is 2.67. The van der Waals surface area contributed by atoms with Gasteiger partial charge < -0.3 is 10.0 Å². The van der Waals surface area contributed by atoms with Crippen LogP contribution >= 0.6 is 0 Å². The van der Waals surface area contributed by atoms with Crippen LogP contribution in [-0.2, 0) is 17.8 Å². The van der Waals surface area contributed by atoms with Gasteiger partial charge in [0.15, 0.2) is 0 Å². The number of nitrogens with zero attached hydrogens (tertiary/aromatic N) is 3. The first-order valence-corrected chi connectivity index (χ1v) is 10.7. The normalized spacial score (nSPS) is 21.4. The van der Waals surface area contributed by atoms with E-state index in [9.17, 15) is 14.7 Å². The molecule has 6 nitrogen and oxygen atoms in total. The number of aromatic nitrogens is 2. The molecule has 1 aliphatic heterocycles. The maximum Gasteiger partial charge on any atom is 0.261 e. The summed E-state index contributed by atoms with van der Waals surface area (Å²) >= 11 is 0. The lowest BCUT2D eigenvalue weighted by Gasteiger charge is -2.40. The van der Waals surface area contributed by atoms with Crippen LogP contribution < -0.4 is 5.56 Å². The Labute approximate surface area is 170 Å². The number of aryl methyl sites for hydroxylation is 1. The molecule has 0 saturated carbocycles. The van der Waals surface area contributed by atoms with Gasteiger partial charge in [-0.15, -0.1) is 0 Å². The fourth-order valence-corrected chi connectivity index (χ4v) is 4.52. The van der Waals surface area contributed by atoms with Crippen LogP contribution in [0.3, 0.4) is 0 Å². The van der Waals surface area contributed by atoms with E-state index in [2.05, 4.69) is 17.1 Å². The van der Waals surface area contributed by atoms with Crippen molar-refractivity contribution in [2.75, 3.05) is 13.1 Å². The Hall–Kier alpha value is -2.47. The summed E-state index contributed by atoms with van der Waals surface area (Å²) in [5, 5.41) is 11.8. The van der Waals surface area contributed by atoms with Gasteiger partial charge in [-0.25, -0.2) is 4.98 Å². The Kier molecular flexibility index (Phi) is 5.54. The smallest absolute Gasteiger partial charge is 0.261 e. The monoisotopic (exact) mass is 395 g/mol. The van der Waals surface area contributed by atoms with Gasteiger partial charge in [0, 0.05) is 25.4 Å². The molecule has 1 amide bonds. The molecule has 0 radical (unpaired) electrons. The third-order valence-electron chi connectivity index (χ3n) is 6.33. The summed E-state index contributed by atoms with van der Waals surface area (Å²) in [4.78, 5) is 32.3. The van der Waals surface area contributed by atoms with Crippen LogP contribution in [0.4, 0.5) is 0 Å². The third-order valence-corrected chi connectivity index (χ3v) is 6.33. The number of amides is 1. The number of allylic oxidation sites excluding steroid dienone is 2. The molecule has 0 spiro atoms. The molecule has 2 aromatic rings. The van der Waals surface area contributed by atoms with E-state index in [4.69, 9.17) is 0 Å². The first-order valence-electron chi connectivity index (χ1n) is 10.7. The second-order valence-electron chi connectivity index (χ2n) is 8.32. The molecule has 154 valence electrons. The van der Waals surface area contributed by atoms with E-state index >= 15 is 0 Å². The molecule has 6 heteroatoms. The maximum absolute atomic E-state index is 13.0. The molecule has 1 N–H and O–H groups in total. The van der Waals surface area contributed by atoms with Crippen LogP contribution in [-0.4, -0.2) is 44.2 Å². The number of fused-ring (bicyclic) bond motifs is 1. The highest BCUT2D eigenvalue weighted by Gasteiger charge is 2.36. The molecule has 2 aliphatic rings. The van der Waals surface area contributed by atoms with E-state index in [1.807, 2.05) is 30.0 Å². The zero-order chi connectivity index (χ0) is 20.4. The molecular formula is C23H29N3O3. The van der Waals surface area contributed by atoms with Crippen LogP contribution in [0.15, 0.2) is 41.2 Å². The highest BCUT2D eigenvalue weighted by Crippen LogP contribution is 2.28. The van der Waals surface area contributed by atoms with Crippen molar-refractivity contribution in [3.05, 3.63) is 52.6 Å². The number of benzene rings is 1. The Morgan fingerprint density at radius 1 is 1.24 bits per heavy atom. The highest BCUT2D eigenvalue weighted by atomic mass is 16.3. The summed E-state index contributed by atoms with van der Waals surface area (Å²) in [5.41, 5.74) is -0.408. The maximum atomic E-state index is 13.0. The van der Waals surface area contributed by atoms with Gasteiger partial charge in [0.05, 0.1) is 23.0 Å². The molecule has 1 unspecified atom stereocenters. The lowest BCUT2D eigenvalue weighted by atomic mass is 9.88. The SMILES string of the molecule is CCc1nc2ccccc2c(=O)n1CC1(O)CCN(C(=O)C2CC=CCC2)CC1. The van der Waals surface area contributed by atoms with Crippen LogP contribution in [0.5, 0.6) is 0 Å². The van der Waals surface area contributed by atoms with Crippen molar-refractivity contribution in [2.45, 2.75) is 57.6 Å². The topological polar surface area (TPSA) is 75.4 Å². The molecule has 1 saturated heterocycles. The summed E-state index contributed by atoms with van der Waals surface area (Å²) in [6.45, 7) is 3.26. The van der Waals surface area contributed by atoms with Crippen molar-refractivity contribution in [3.8, 4) is 0 Å². The minimum absolute atomic E-state index is 0.0743. The number of rotatable bonds is 4. The first kappa shape index (κ1) is 19.8. The zero-order valence-electron chi connectivity index (χ0n) is 17.0. The Morgan fingerprint density at radius 2 is 2.00 bits per heavy atom. The largest absolute Gasteiger partial charge is 0.388 e. The van der Waals surface area contributed by atoms with Crippen LogP contribution in [0, 0.1) is 5.92 Å². The zero-order valence-corrected chi connectivity index (χ0v) is 17.0. The van der Waals surface area contributed by atoms with E-state index in [-0.39, 0.29) is 23.9 Å². The lowest BCUT2D eigenvalue weighted by molar-refractivity contribution is -0.140. The quantitative estimate of drug-likeness (QED) is 0.808. The molecule has 0 bridgehead atoms. The standard InChI is InChI=1S/C23H29N3O3/c1-2-20-24-19-11-7-6-10-18(19)22(28)26(20)16-23(29)12-14-25(15-13-23)21(27)17-8-4-3-5-9-17/h3-4,6-7,10-11,17,29H,2,5,8-9,12-16H2,1H3. The average Bonchev–Trinajstić information content (AvgIpc) is 2.76. The predicted molar refractivity (Wildman–Crippen MR) is 113 cm³/mol. The van der Waals surface area contributed by atoms with Crippen molar-refractivity contribution >= 4 is 16.8 Å².